The Kier molecular flexibility index (Phi) is 5.29. The molecule has 1 atom stereocenters. The first-order valence-electron chi connectivity index (χ1n) is 9.16. The molecule has 2 heterocycles. The van der Waals surface area contributed by atoms with Crippen LogP contribution in [-0.2, 0) is 11.3 Å². The molecule has 0 aliphatic heterocycles. The van der Waals surface area contributed by atoms with Crippen molar-refractivity contribution in [1.29, 1.82) is 0 Å². The van der Waals surface area contributed by atoms with Gasteiger partial charge in [0.25, 0.3) is 0 Å². The van der Waals surface area contributed by atoms with Crippen molar-refractivity contribution in [2.24, 2.45) is 0 Å². The van der Waals surface area contributed by atoms with Gasteiger partial charge in [0.05, 0.1) is 19.0 Å². The standard InChI is InChI=1S/C22H21N5O/c28-22(14-21(26-12-4-5-13-26)19-6-2-1-3-7-19)25-20-10-8-18(9-11-20)15-27-17-23-16-24-27/h1-13,16-17,21H,14-15H2,(H,25,28)/t21-/m1/s1. The number of carbonyl (C=O) groups excluding carboxylic acids is 1. The SMILES string of the molecule is O=C(C[C@H](c1ccccc1)n1cccc1)Nc1ccc(Cn2cncn2)cc1. The third-order valence-corrected chi connectivity index (χ3v) is 4.60. The Labute approximate surface area is 163 Å². The summed E-state index contributed by atoms with van der Waals surface area (Å²) in [5, 5.41) is 7.10. The molecule has 6 nitrogen and oxygen atoms in total. The van der Waals surface area contributed by atoms with E-state index in [0.717, 1.165) is 16.8 Å². The smallest absolute Gasteiger partial charge is 0.226 e. The maximum absolute atomic E-state index is 12.7. The van der Waals surface area contributed by atoms with Crippen molar-refractivity contribution in [2.75, 3.05) is 5.32 Å². The molecule has 0 fully saturated rings. The molecule has 0 bridgehead atoms. The van der Waals surface area contributed by atoms with Crippen LogP contribution in [0.2, 0.25) is 0 Å². The zero-order valence-electron chi connectivity index (χ0n) is 15.3. The van der Waals surface area contributed by atoms with Crippen LogP contribution in [0.1, 0.15) is 23.6 Å². The van der Waals surface area contributed by atoms with Gasteiger partial charge in [-0.05, 0) is 35.4 Å². The van der Waals surface area contributed by atoms with Gasteiger partial charge in [0.2, 0.25) is 5.91 Å². The van der Waals surface area contributed by atoms with Crippen molar-refractivity contribution in [1.82, 2.24) is 19.3 Å². The number of hydrogen-bond acceptors (Lipinski definition) is 3. The minimum absolute atomic E-state index is 0.0217. The maximum atomic E-state index is 12.7. The molecule has 0 aliphatic rings. The van der Waals surface area contributed by atoms with Crippen LogP contribution in [0.15, 0.2) is 91.8 Å². The van der Waals surface area contributed by atoms with Gasteiger partial charge in [0, 0.05) is 18.1 Å². The molecule has 140 valence electrons. The molecule has 4 rings (SSSR count). The summed E-state index contributed by atoms with van der Waals surface area (Å²) >= 11 is 0. The molecule has 0 unspecified atom stereocenters. The predicted molar refractivity (Wildman–Crippen MR) is 108 cm³/mol. The molecule has 4 aromatic rings. The Bertz CT molecular complexity index is 993. The Morgan fingerprint density at radius 2 is 1.71 bits per heavy atom. The molecule has 2 aromatic heterocycles. The van der Waals surface area contributed by atoms with Gasteiger partial charge in [-0.1, -0.05) is 42.5 Å². The summed E-state index contributed by atoms with van der Waals surface area (Å²) < 4.78 is 3.82. The molecular formula is C22H21N5O. The largest absolute Gasteiger partial charge is 0.346 e. The van der Waals surface area contributed by atoms with Gasteiger partial charge in [-0.15, -0.1) is 0 Å². The van der Waals surface area contributed by atoms with E-state index in [9.17, 15) is 4.79 Å². The second kappa shape index (κ2) is 8.35. The van der Waals surface area contributed by atoms with Crippen molar-refractivity contribution in [3.63, 3.8) is 0 Å². The van der Waals surface area contributed by atoms with E-state index in [2.05, 4.69) is 32.1 Å². The molecule has 2 aromatic carbocycles. The zero-order valence-corrected chi connectivity index (χ0v) is 15.3. The van der Waals surface area contributed by atoms with Crippen molar-refractivity contribution in [3.8, 4) is 0 Å². The Hall–Kier alpha value is -3.67. The van der Waals surface area contributed by atoms with Crippen LogP contribution in [0.4, 0.5) is 5.69 Å². The first kappa shape index (κ1) is 17.7. The van der Waals surface area contributed by atoms with E-state index >= 15 is 0 Å². The summed E-state index contributed by atoms with van der Waals surface area (Å²) in [5.41, 5.74) is 2.99. The summed E-state index contributed by atoms with van der Waals surface area (Å²) in [7, 11) is 0. The van der Waals surface area contributed by atoms with Crippen LogP contribution in [-0.4, -0.2) is 25.2 Å². The molecule has 0 aliphatic carbocycles. The maximum Gasteiger partial charge on any atom is 0.226 e. The number of aromatic nitrogens is 4. The topological polar surface area (TPSA) is 64.7 Å². The Balaban J connectivity index is 1.42. The zero-order chi connectivity index (χ0) is 19.2. The Morgan fingerprint density at radius 3 is 2.39 bits per heavy atom. The molecule has 0 spiro atoms. The monoisotopic (exact) mass is 371 g/mol. The molecule has 0 radical (unpaired) electrons. The minimum Gasteiger partial charge on any atom is -0.346 e. The van der Waals surface area contributed by atoms with E-state index in [-0.39, 0.29) is 11.9 Å². The molecule has 0 saturated carbocycles. The summed E-state index contributed by atoms with van der Waals surface area (Å²) in [6.45, 7) is 0.651. The van der Waals surface area contributed by atoms with Gasteiger partial charge in [-0.25, -0.2) is 9.67 Å². The normalized spacial score (nSPS) is 11.9. The van der Waals surface area contributed by atoms with Gasteiger partial charge >= 0.3 is 0 Å². The van der Waals surface area contributed by atoms with Crippen molar-refractivity contribution in [2.45, 2.75) is 19.0 Å². The molecular weight excluding hydrogens is 350 g/mol. The van der Waals surface area contributed by atoms with Crippen LogP contribution in [0.25, 0.3) is 0 Å². The van der Waals surface area contributed by atoms with Gasteiger partial charge < -0.3 is 9.88 Å². The number of nitrogens with one attached hydrogen (secondary N) is 1. The van der Waals surface area contributed by atoms with E-state index in [4.69, 9.17) is 0 Å². The average Bonchev–Trinajstić information content (AvgIpc) is 3.43. The molecule has 0 saturated heterocycles. The van der Waals surface area contributed by atoms with Crippen LogP contribution < -0.4 is 5.32 Å². The molecule has 28 heavy (non-hydrogen) atoms. The summed E-state index contributed by atoms with van der Waals surface area (Å²) in [6.07, 6.45) is 7.54. The van der Waals surface area contributed by atoms with Gasteiger partial charge in [-0.3, -0.25) is 4.79 Å². The van der Waals surface area contributed by atoms with Crippen molar-refractivity contribution in [3.05, 3.63) is 103 Å². The highest BCUT2D eigenvalue weighted by Crippen LogP contribution is 2.23. The summed E-state index contributed by atoms with van der Waals surface area (Å²) in [6, 6.07) is 21.8. The second-order valence-electron chi connectivity index (χ2n) is 6.60. The highest BCUT2D eigenvalue weighted by molar-refractivity contribution is 5.91. The lowest BCUT2D eigenvalue weighted by atomic mass is 10.0. The molecule has 6 heteroatoms. The van der Waals surface area contributed by atoms with Crippen LogP contribution in [0.3, 0.4) is 0 Å². The summed E-state index contributed by atoms with van der Waals surface area (Å²) in [4.78, 5) is 16.6. The molecule has 1 N–H and O–H groups in total. The number of rotatable bonds is 7. The minimum atomic E-state index is -0.0391. The first-order valence-corrected chi connectivity index (χ1v) is 9.16. The van der Waals surface area contributed by atoms with Gasteiger partial charge in [-0.2, -0.15) is 5.10 Å². The Morgan fingerprint density at radius 1 is 0.964 bits per heavy atom. The van der Waals surface area contributed by atoms with E-state index in [1.54, 1.807) is 11.0 Å². The van der Waals surface area contributed by atoms with E-state index in [1.165, 1.54) is 6.33 Å². The van der Waals surface area contributed by atoms with Crippen molar-refractivity contribution >= 4 is 11.6 Å². The lowest BCUT2D eigenvalue weighted by Gasteiger charge is -2.19. The number of carbonyl (C=O) groups is 1. The highest BCUT2D eigenvalue weighted by atomic mass is 16.1. The lowest BCUT2D eigenvalue weighted by Crippen LogP contribution is -2.19. The number of amides is 1. The van der Waals surface area contributed by atoms with Gasteiger partial charge in [0.15, 0.2) is 0 Å². The molecule has 1 amide bonds. The van der Waals surface area contributed by atoms with E-state index < -0.39 is 0 Å². The quantitative estimate of drug-likeness (QED) is 0.538. The summed E-state index contributed by atoms with van der Waals surface area (Å²) in [5.74, 6) is -0.0217. The fourth-order valence-corrected chi connectivity index (χ4v) is 3.21. The fraction of sp³-hybridized carbons (Fsp3) is 0.136. The van der Waals surface area contributed by atoms with Crippen LogP contribution in [0.5, 0.6) is 0 Å². The van der Waals surface area contributed by atoms with Crippen LogP contribution in [0, 0.1) is 0 Å². The number of anilines is 1. The average molecular weight is 371 g/mol. The third-order valence-electron chi connectivity index (χ3n) is 4.60. The number of nitrogens with zero attached hydrogens (tertiary/aromatic N) is 4. The van der Waals surface area contributed by atoms with Gasteiger partial charge in [0.1, 0.15) is 12.7 Å². The highest BCUT2D eigenvalue weighted by Gasteiger charge is 2.17. The first-order chi connectivity index (χ1) is 13.8. The fourth-order valence-electron chi connectivity index (χ4n) is 3.21. The third kappa shape index (κ3) is 4.35. The predicted octanol–water partition coefficient (Wildman–Crippen LogP) is 3.75. The van der Waals surface area contributed by atoms with E-state index in [1.807, 2.05) is 67.0 Å². The van der Waals surface area contributed by atoms with Crippen LogP contribution >= 0.6 is 0 Å². The lowest BCUT2D eigenvalue weighted by molar-refractivity contribution is -0.116. The second-order valence-corrected chi connectivity index (χ2v) is 6.60. The number of benzene rings is 2. The van der Waals surface area contributed by atoms with E-state index in [0.29, 0.717) is 13.0 Å². The van der Waals surface area contributed by atoms with Crippen molar-refractivity contribution < 1.29 is 4.79 Å². The number of hydrogen-bond donors (Lipinski definition) is 1.